The maximum atomic E-state index is 13.7. The van der Waals surface area contributed by atoms with Gasteiger partial charge < -0.3 is 19.5 Å². The first-order valence-corrected chi connectivity index (χ1v) is 12.2. The van der Waals surface area contributed by atoms with Gasteiger partial charge in [0.25, 0.3) is 11.8 Å². The Bertz CT molecular complexity index is 1430. The smallest absolute Gasteiger partial charge is 0.290 e. The molecule has 2 aliphatic rings. The number of carbonyl (C=O) groups excluding carboxylic acids is 2. The van der Waals surface area contributed by atoms with Crippen LogP contribution in [0.2, 0.25) is 5.02 Å². The lowest BCUT2D eigenvalue weighted by Gasteiger charge is -2.39. The second kappa shape index (κ2) is 9.43. The molecule has 3 aromatic rings. The molecule has 0 spiro atoms. The van der Waals surface area contributed by atoms with Gasteiger partial charge in [-0.2, -0.15) is 0 Å². The minimum Gasteiger partial charge on any atom is -0.451 e. The molecule has 5 rings (SSSR count). The molecule has 9 heteroatoms. The van der Waals surface area contributed by atoms with Crippen LogP contribution < -0.4 is 5.32 Å². The molecule has 3 heterocycles. The number of amidine groups is 1. The van der Waals surface area contributed by atoms with E-state index < -0.39 is 0 Å². The molecule has 1 aromatic heterocycles. The largest absolute Gasteiger partial charge is 0.451 e. The van der Waals surface area contributed by atoms with Crippen LogP contribution in [0, 0.1) is 12.7 Å². The van der Waals surface area contributed by atoms with E-state index in [2.05, 4.69) is 10.3 Å². The van der Waals surface area contributed by atoms with Crippen molar-refractivity contribution in [1.82, 2.24) is 15.1 Å². The number of furan rings is 1. The molecule has 1 fully saturated rings. The number of benzene rings is 2. The first-order chi connectivity index (χ1) is 17.2. The Morgan fingerprint density at radius 1 is 1.14 bits per heavy atom. The van der Waals surface area contributed by atoms with Crippen molar-refractivity contribution >= 4 is 45.8 Å². The fourth-order valence-electron chi connectivity index (χ4n) is 4.80. The number of nitrogens with zero attached hydrogens (tertiary/aromatic N) is 3. The predicted molar refractivity (Wildman–Crippen MR) is 137 cm³/mol. The molecule has 0 aliphatic carbocycles. The van der Waals surface area contributed by atoms with Crippen LogP contribution in [0.25, 0.3) is 16.5 Å². The van der Waals surface area contributed by atoms with Crippen LogP contribution in [0.4, 0.5) is 4.39 Å². The topological polar surface area (TPSA) is 78.2 Å². The number of aliphatic imine (C=N–C) groups is 1. The summed E-state index contributed by atoms with van der Waals surface area (Å²) < 4.78 is 19.4. The zero-order valence-corrected chi connectivity index (χ0v) is 21.0. The van der Waals surface area contributed by atoms with E-state index in [1.54, 1.807) is 22.9 Å². The third-order valence-corrected chi connectivity index (χ3v) is 7.00. The summed E-state index contributed by atoms with van der Waals surface area (Å²) in [5, 5.41) is 4.26. The molecule has 2 amide bonds. The van der Waals surface area contributed by atoms with Crippen molar-refractivity contribution in [3.8, 4) is 0 Å². The maximum Gasteiger partial charge on any atom is 0.290 e. The van der Waals surface area contributed by atoms with E-state index >= 15 is 0 Å². The van der Waals surface area contributed by atoms with Crippen LogP contribution >= 0.6 is 11.6 Å². The van der Waals surface area contributed by atoms with E-state index in [0.29, 0.717) is 41.2 Å². The molecule has 186 valence electrons. The molecular weight excluding hydrogens is 483 g/mol. The number of piperazine rings is 1. The number of fused-ring (bicyclic) bond motifs is 1. The van der Waals surface area contributed by atoms with E-state index in [9.17, 15) is 14.0 Å². The zero-order valence-electron chi connectivity index (χ0n) is 20.2. The summed E-state index contributed by atoms with van der Waals surface area (Å²) in [5.41, 5.74) is 2.97. The first-order valence-electron chi connectivity index (χ1n) is 11.8. The Labute approximate surface area is 213 Å². The van der Waals surface area contributed by atoms with Crippen molar-refractivity contribution in [2.75, 3.05) is 19.6 Å². The molecule has 1 saturated heterocycles. The van der Waals surface area contributed by atoms with E-state index in [0.717, 1.165) is 11.1 Å². The Hall–Kier alpha value is -3.65. The average molecular weight is 509 g/mol. The highest BCUT2D eigenvalue weighted by molar-refractivity contribution is 6.38. The third kappa shape index (κ3) is 4.37. The monoisotopic (exact) mass is 508 g/mol. The van der Waals surface area contributed by atoms with Crippen LogP contribution in [0.15, 0.2) is 58.1 Å². The molecule has 2 aliphatic heterocycles. The number of nitrogens with one attached hydrogen (secondary N) is 1. The minimum absolute atomic E-state index is 0.202. The summed E-state index contributed by atoms with van der Waals surface area (Å²) in [4.78, 5) is 34.5. The van der Waals surface area contributed by atoms with Gasteiger partial charge >= 0.3 is 0 Å². The molecule has 2 aromatic carbocycles. The second-order valence-corrected chi connectivity index (χ2v) is 9.64. The molecular formula is C27H26ClFN4O3. The van der Waals surface area contributed by atoms with E-state index in [4.69, 9.17) is 16.0 Å². The van der Waals surface area contributed by atoms with Gasteiger partial charge in [0.05, 0.1) is 6.04 Å². The van der Waals surface area contributed by atoms with Crippen LogP contribution in [0.3, 0.4) is 0 Å². The molecule has 36 heavy (non-hydrogen) atoms. The van der Waals surface area contributed by atoms with Crippen LogP contribution in [0.1, 0.15) is 35.5 Å². The lowest BCUT2D eigenvalue weighted by Crippen LogP contribution is -2.57. The quantitative estimate of drug-likeness (QED) is 0.559. The van der Waals surface area contributed by atoms with Gasteiger partial charge in [0.1, 0.15) is 11.4 Å². The normalized spacial score (nSPS) is 20.1. The predicted octanol–water partition coefficient (Wildman–Crippen LogP) is 4.64. The van der Waals surface area contributed by atoms with Gasteiger partial charge in [-0.1, -0.05) is 23.7 Å². The van der Waals surface area contributed by atoms with Crippen LogP contribution in [-0.4, -0.2) is 59.2 Å². The number of hydrogen-bond donors (Lipinski definition) is 1. The van der Waals surface area contributed by atoms with Crippen molar-refractivity contribution in [3.05, 3.63) is 76.4 Å². The van der Waals surface area contributed by atoms with Gasteiger partial charge in [-0.15, -0.1) is 0 Å². The summed E-state index contributed by atoms with van der Waals surface area (Å²) >= 11 is 6.12. The Balaban J connectivity index is 1.27. The summed E-state index contributed by atoms with van der Waals surface area (Å²) in [7, 11) is 0. The molecule has 2 unspecified atom stereocenters. The second-order valence-electron chi connectivity index (χ2n) is 9.20. The van der Waals surface area contributed by atoms with E-state index in [1.807, 2.05) is 38.1 Å². The molecule has 2 atom stereocenters. The Morgan fingerprint density at radius 3 is 2.67 bits per heavy atom. The molecule has 0 bridgehead atoms. The average Bonchev–Trinajstić information content (AvgIpc) is 3.18. The van der Waals surface area contributed by atoms with E-state index in [-0.39, 0.29) is 41.3 Å². The van der Waals surface area contributed by atoms with Gasteiger partial charge in [-0.25, -0.2) is 4.39 Å². The highest BCUT2D eigenvalue weighted by atomic mass is 35.5. The highest BCUT2D eigenvalue weighted by Gasteiger charge is 2.34. The van der Waals surface area contributed by atoms with Gasteiger partial charge in [0.2, 0.25) is 0 Å². The van der Waals surface area contributed by atoms with Crippen molar-refractivity contribution in [3.63, 3.8) is 0 Å². The van der Waals surface area contributed by atoms with Gasteiger partial charge in [0.15, 0.2) is 11.6 Å². The number of carbonyl (C=O) groups is 2. The fourth-order valence-corrected chi connectivity index (χ4v) is 4.99. The SMILES string of the molecule is Cc1c(C(=O)N2CCN(C(=O)C3=NC(C)C(c4cccc(Cl)c4)=CN3)CC2C)oc2ccc(F)cc12. The van der Waals surface area contributed by atoms with Crippen molar-refractivity contribution in [1.29, 1.82) is 0 Å². The number of amides is 2. The van der Waals surface area contributed by atoms with Crippen molar-refractivity contribution in [2.45, 2.75) is 32.9 Å². The lowest BCUT2D eigenvalue weighted by molar-refractivity contribution is -0.126. The summed E-state index contributed by atoms with van der Waals surface area (Å²) in [5.74, 6) is -0.380. The van der Waals surface area contributed by atoms with Gasteiger partial charge in [0, 0.05) is 47.8 Å². The van der Waals surface area contributed by atoms with Gasteiger partial charge in [-0.3, -0.25) is 14.6 Å². The first kappa shape index (κ1) is 24.1. The Morgan fingerprint density at radius 2 is 1.94 bits per heavy atom. The van der Waals surface area contributed by atoms with E-state index in [1.165, 1.54) is 18.2 Å². The summed E-state index contributed by atoms with van der Waals surface area (Å²) in [6, 6.07) is 11.3. The molecule has 0 radical (unpaired) electrons. The Kier molecular flexibility index (Phi) is 6.30. The van der Waals surface area contributed by atoms with Crippen molar-refractivity contribution in [2.24, 2.45) is 4.99 Å². The number of hydrogen-bond acceptors (Lipinski definition) is 5. The lowest BCUT2D eigenvalue weighted by atomic mass is 10.00. The third-order valence-electron chi connectivity index (χ3n) is 6.77. The fraction of sp³-hybridized carbons (Fsp3) is 0.296. The molecule has 7 nitrogen and oxygen atoms in total. The maximum absolute atomic E-state index is 13.7. The summed E-state index contributed by atoms with van der Waals surface area (Å²) in [6.45, 7) is 6.65. The minimum atomic E-state index is -0.381. The molecule has 1 N–H and O–H groups in total. The number of halogens is 2. The summed E-state index contributed by atoms with van der Waals surface area (Å²) in [6.07, 6.45) is 1.80. The van der Waals surface area contributed by atoms with Crippen LogP contribution in [-0.2, 0) is 4.79 Å². The highest BCUT2D eigenvalue weighted by Crippen LogP contribution is 2.28. The molecule has 0 saturated carbocycles. The number of aryl methyl sites for hydroxylation is 1. The van der Waals surface area contributed by atoms with Crippen molar-refractivity contribution < 1.29 is 18.4 Å². The van der Waals surface area contributed by atoms with Crippen LogP contribution in [0.5, 0.6) is 0 Å². The van der Waals surface area contributed by atoms with Gasteiger partial charge in [-0.05, 0) is 62.2 Å². The zero-order chi connectivity index (χ0) is 25.6. The standard InChI is InChI=1S/C27H26ClFN4O3/c1-15-14-32(27(35)25-30-13-22(17(3)31-25)18-5-4-6-19(28)11-18)9-10-33(15)26(34)24-16(2)21-12-20(29)7-8-23(21)36-24/h4-8,11-13,15,17H,9-10,14H2,1-3H3,(H,30,31). The number of rotatable bonds is 3.